The van der Waals surface area contributed by atoms with E-state index in [0.717, 1.165) is 41.9 Å². The van der Waals surface area contributed by atoms with Crippen LogP contribution in [0, 0.1) is 6.92 Å². The molecule has 5 heteroatoms. The Morgan fingerprint density at radius 1 is 1.17 bits per heavy atom. The van der Waals surface area contributed by atoms with E-state index in [1.165, 1.54) is 10.6 Å². The molecule has 1 aliphatic rings. The predicted octanol–water partition coefficient (Wildman–Crippen LogP) is 2.10. The lowest BCUT2D eigenvalue weighted by Gasteiger charge is -2.33. The lowest BCUT2D eigenvalue weighted by Crippen LogP contribution is -3.15. The van der Waals surface area contributed by atoms with Crippen molar-refractivity contribution in [3.63, 3.8) is 0 Å². The maximum absolute atomic E-state index is 12.3. The zero-order chi connectivity index (χ0) is 16.9. The van der Waals surface area contributed by atoms with Gasteiger partial charge in [0, 0.05) is 15.8 Å². The molecule has 0 bridgehead atoms. The highest BCUT2D eigenvalue weighted by Gasteiger charge is 2.22. The number of piperazine rings is 1. The molecule has 0 radical (unpaired) electrons. The first-order valence-corrected chi connectivity index (χ1v) is 9.11. The Labute approximate surface area is 151 Å². The number of quaternary nitrogens is 1. The van der Waals surface area contributed by atoms with E-state index in [1.54, 1.807) is 0 Å². The smallest absolute Gasteiger partial charge is 0.279 e. The number of anilines is 2. The molecule has 1 aliphatic heterocycles. The number of halogens is 1. The van der Waals surface area contributed by atoms with Gasteiger partial charge in [-0.1, -0.05) is 40.2 Å². The number of nitrogens with zero attached hydrogens (tertiary/aromatic N) is 1. The molecule has 0 saturated carbocycles. The second-order valence-electron chi connectivity index (χ2n) is 6.26. The largest absolute Gasteiger partial charge is 0.360 e. The van der Waals surface area contributed by atoms with Crippen LogP contribution in [0.1, 0.15) is 5.56 Å². The third-order valence-electron chi connectivity index (χ3n) is 4.46. The molecule has 2 N–H and O–H groups in total. The number of rotatable bonds is 4. The number of hydrogen-bond acceptors (Lipinski definition) is 2. The summed E-state index contributed by atoms with van der Waals surface area (Å²) in [7, 11) is 0. The van der Waals surface area contributed by atoms with Gasteiger partial charge < -0.3 is 15.1 Å². The summed E-state index contributed by atoms with van der Waals surface area (Å²) in [5.41, 5.74) is 3.28. The van der Waals surface area contributed by atoms with Crippen LogP contribution in [0.15, 0.2) is 53.0 Å². The first-order valence-electron chi connectivity index (χ1n) is 8.31. The molecule has 0 unspecified atom stereocenters. The van der Waals surface area contributed by atoms with Gasteiger partial charge in [0.05, 0.1) is 26.2 Å². The first-order chi connectivity index (χ1) is 11.6. The number of benzene rings is 2. The van der Waals surface area contributed by atoms with Crippen LogP contribution in [0.5, 0.6) is 0 Å². The van der Waals surface area contributed by atoms with Crippen LogP contribution in [0.25, 0.3) is 0 Å². The molecule has 126 valence electrons. The zero-order valence-electron chi connectivity index (χ0n) is 13.9. The van der Waals surface area contributed by atoms with Crippen molar-refractivity contribution < 1.29 is 9.69 Å². The van der Waals surface area contributed by atoms with E-state index in [9.17, 15) is 4.79 Å². The number of para-hydroxylation sites is 1. The third kappa shape index (κ3) is 4.36. The Morgan fingerprint density at radius 3 is 2.54 bits per heavy atom. The predicted molar refractivity (Wildman–Crippen MR) is 102 cm³/mol. The molecule has 0 aliphatic carbocycles. The van der Waals surface area contributed by atoms with Crippen LogP contribution in [0.2, 0.25) is 0 Å². The molecule has 4 nitrogen and oxygen atoms in total. The molecular weight excluding hydrogens is 366 g/mol. The van der Waals surface area contributed by atoms with Crippen molar-refractivity contribution >= 4 is 33.2 Å². The molecule has 0 atom stereocenters. The minimum atomic E-state index is 0.0777. The Hall–Kier alpha value is -1.85. The van der Waals surface area contributed by atoms with Crippen molar-refractivity contribution in [3.05, 3.63) is 58.6 Å². The summed E-state index contributed by atoms with van der Waals surface area (Å²) in [6.07, 6.45) is 0. The van der Waals surface area contributed by atoms with Crippen molar-refractivity contribution in [3.8, 4) is 0 Å². The van der Waals surface area contributed by atoms with Crippen LogP contribution >= 0.6 is 15.9 Å². The fourth-order valence-electron chi connectivity index (χ4n) is 3.00. The second kappa shape index (κ2) is 7.81. The van der Waals surface area contributed by atoms with E-state index >= 15 is 0 Å². The molecule has 3 rings (SSSR count). The number of aryl methyl sites for hydroxylation is 1. The van der Waals surface area contributed by atoms with Crippen molar-refractivity contribution in [1.29, 1.82) is 0 Å². The summed E-state index contributed by atoms with van der Waals surface area (Å²) in [5.74, 6) is 0.0777. The van der Waals surface area contributed by atoms with Crippen LogP contribution in [-0.2, 0) is 4.79 Å². The lowest BCUT2D eigenvalue weighted by molar-refractivity contribution is -0.892. The van der Waals surface area contributed by atoms with Gasteiger partial charge in [-0.15, -0.1) is 0 Å². The fourth-order valence-corrected chi connectivity index (χ4v) is 3.38. The summed E-state index contributed by atoms with van der Waals surface area (Å²) >= 11 is 3.50. The highest BCUT2D eigenvalue weighted by molar-refractivity contribution is 9.10. The third-order valence-corrected chi connectivity index (χ3v) is 5.31. The van der Waals surface area contributed by atoms with Gasteiger partial charge in [0.1, 0.15) is 0 Å². The van der Waals surface area contributed by atoms with Crippen LogP contribution in [0.3, 0.4) is 0 Å². The summed E-state index contributed by atoms with van der Waals surface area (Å²) in [6, 6.07) is 16.4. The fraction of sp³-hybridized carbons (Fsp3) is 0.316. The highest BCUT2D eigenvalue weighted by Crippen LogP contribution is 2.20. The molecule has 1 fully saturated rings. The van der Waals surface area contributed by atoms with E-state index in [4.69, 9.17) is 0 Å². The molecule has 0 spiro atoms. The first kappa shape index (κ1) is 17.0. The number of carbonyl (C=O) groups is 1. The number of hydrogen-bond donors (Lipinski definition) is 2. The van der Waals surface area contributed by atoms with Gasteiger partial charge in [0.15, 0.2) is 6.54 Å². The summed E-state index contributed by atoms with van der Waals surface area (Å²) < 4.78 is 1.02. The van der Waals surface area contributed by atoms with Crippen molar-refractivity contribution in [2.75, 3.05) is 42.9 Å². The van der Waals surface area contributed by atoms with Gasteiger partial charge in [-0.3, -0.25) is 4.79 Å². The lowest BCUT2D eigenvalue weighted by atomic mass is 10.2. The van der Waals surface area contributed by atoms with Gasteiger partial charge in [-0.2, -0.15) is 0 Å². The SMILES string of the molecule is Cc1ccc(NC(=O)C[NH+]2CCN(c3ccccc3)CC2)cc1Br. The minimum Gasteiger partial charge on any atom is -0.360 e. The monoisotopic (exact) mass is 388 g/mol. The second-order valence-corrected chi connectivity index (χ2v) is 7.12. The topological polar surface area (TPSA) is 36.8 Å². The summed E-state index contributed by atoms with van der Waals surface area (Å²) in [4.78, 5) is 16.0. The number of nitrogens with one attached hydrogen (secondary N) is 2. The van der Waals surface area contributed by atoms with E-state index in [2.05, 4.69) is 50.4 Å². The van der Waals surface area contributed by atoms with Crippen LogP contribution < -0.4 is 15.1 Å². The number of carbonyl (C=O) groups excluding carboxylic acids is 1. The van der Waals surface area contributed by atoms with Gasteiger partial charge in [-0.05, 0) is 36.8 Å². The van der Waals surface area contributed by atoms with Gasteiger partial charge in [0.25, 0.3) is 5.91 Å². The summed E-state index contributed by atoms with van der Waals surface area (Å²) in [6.45, 7) is 6.51. The van der Waals surface area contributed by atoms with Gasteiger partial charge in [0.2, 0.25) is 0 Å². The standard InChI is InChI=1S/C19H22BrN3O/c1-15-7-8-16(13-18(15)20)21-19(24)14-22-9-11-23(12-10-22)17-5-3-2-4-6-17/h2-8,13H,9-12,14H2,1H3,(H,21,24)/p+1. The van der Waals surface area contributed by atoms with Crippen LogP contribution in [0.4, 0.5) is 11.4 Å². The maximum atomic E-state index is 12.3. The van der Waals surface area contributed by atoms with E-state index in [-0.39, 0.29) is 5.91 Å². The molecular formula is C19H23BrN3O+. The molecule has 2 aromatic rings. The Kier molecular flexibility index (Phi) is 5.53. The Balaban J connectivity index is 1.49. The average Bonchev–Trinajstić information content (AvgIpc) is 2.59. The Morgan fingerprint density at radius 2 is 1.88 bits per heavy atom. The zero-order valence-corrected chi connectivity index (χ0v) is 15.5. The molecule has 1 saturated heterocycles. The highest BCUT2D eigenvalue weighted by atomic mass is 79.9. The molecule has 1 heterocycles. The minimum absolute atomic E-state index is 0.0777. The summed E-state index contributed by atoms with van der Waals surface area (Å²) in [5, 5.41) is 3.00. The van der Waals surface area contributed by atoms with Crippen LogP contribution in [-0.4, -0.2) is 38.6 Å². The molecule has 0 aromatic heterocycles. The van der Waals surface area contributed by atoms with E-state index in [0.29, 0.717) is 6.54 Å². The van der Waals surface area contributed by atoms with Gasteiger partial charge >= 0.3 is 0 Å². The van der Waals surface area contributed by atoms with E-state index < -0.39 is 0 Å². The van der Waals surface area contributed by atoms with Crippen molar-refractivity contribution in [1.82, 2.24) is 0 Å². The van der Waals surface area contributed by atoms with Gasteiger partial charge in [-0.25, -0.2) is 0 Å². The normalized spacial score (nSPS) is 15.3. The van der Waals surface area contributed by atoms with Crippen molar-refractivity contribution in [2.24, 2.45) is 0 Å². The Bertz CT molecular complexity index is 697. The molecule has 1 amide bonds. The molecule has 24 heavy (non-hydrogen) atoms. The molecule has 2 aromatic carbocycles. The van der Waals surface area contributed by atoms with Crippen molar-refractivity contribution in [2.45, 2.75) is 6.92 Å². The number of amides is 1. The van der Waals surface area contributed by atoms with E-state index in [1.807, 2.05) is 31.2 Å². The maximum Gasteiger partial charge on any atom is 0.279 e. The average molecular weight is 389 g/mol. The quantitative estimate of drug-likeness (QED) is 0.841.